The maximum atomic E-state index is 6.10. The van der Waals surface area contributed by atoms with Crippen molar-refractivity contribution in [1.29, 1.82) is 0 Å². The van der Waals surface area contributed by atoms with Crippen LogP contribution in [0, 0.1) is 5.92 Å². The number of methoxy groups -OCH3 is 1. The summed E-state index contributed by atoms with van der Waals surface area (Å²) in [6.45, 7) is 7.23. The molecule has 1 aromatic rings. The van der Waals surface area contributed by atoms with E-state index < -0.39 is 0 Å². The number of hydrogen-bond donors (Lipinski definition) is 1. The van der Waals surface area contributed by atoms with Crippen molar-refractivity contribution < 1.29 is 9.47 Å². The van der Waals surface area contributed by atoms with E-state index >= 15 is 0 Å². The van der Waals surface area contributed by atoms with Crippen molar-refractivity contribution in [3.8, 4) is 0 Å². The minimum Gasteiger partial charge on any atom is -0.382 e. The van der Waals surface area contributed by atoms with Crippen LogP contribution in [0.2, 0.25) is 5.02 Å². The summed E-state index contributed by atoms with van der Waals surface area (Å²) < 4.78 is 11.0. The molecule has 1 N–H and O–H groups in total. The molecule has 0 aliphatic carbocycles. The SMILES string of the molecule is COCC(CNCC(C)C)OCc1ccccc1Cl. The lowest BCUT2D eigenvalue weighted by molar-refractivity contribution is -0.0103. The van der Waals surface area contributed by atoms with Crippen LogP contribution in [0.3, 0.4) is 0 Å². The average molecular weight is 286 g/mol. The molecule has 0 aliphatic heterocycles. The number of ether oxygens (including phenoxy) is 2. The van der Waals surface area contributed by atoms with E-state index in [9.17, 15) is 0 Å². The first-order valence-electron chi connectivity index (χ1n) is 6.68. The molecule has 0 aromatic heterocycles. The molecule has 0 fully saturated rings. The third-order valence-electron chi connectivity index (χ3n) is 2.71. The Bertz CT molecular complexity index is 358. The van der Waals surface area contributed by atoms with Crippen LogP contribution in [-0.2, 0) is 16.1 Å². The highest BCUT2D eigenvalue weighted by Crippen LogP contribution is 2.16. The van der Waals surface area contributed by atoms with Gasteiger partial charge in [-0.15, -0.1) is 0 Å². The van der Waals surface area contributed by atoms with Gasteiger partial charge in [-0.2, -0.15) is 0 Å². The Morgan fingerprint density at radius 3 is 2.58 bits per heavy atom. The van der Waals surface area contributed by atoms with E-state index in [0.717, 1.165) is 23.7 Å². The Kier molecular flexibility index (Phi) is 8.07. The van der Waals surface area contributed by atoms with Crippen molar-refractivity contribution in [1.82, 2.24) is 5.32 Å². The van der Waals surface area contributed by atoms with E-state index in [2.05, 4.69) is 19.2 Å². The third-order valence-corrected chi connectivity index (χ3v) is 3.08. The van der Waals surface area contributed by atoms with Gasteiger partial charge in [0.15, 0.2) is 0 Å². The Morgan fingerprint density at radius 2 is 1.95 bits per heavy atom. The maximum Gasteiger partial charge on any atom is 0.0936 e. The van der Waals surface area contributed by atoms with E-state index in [1.807, 2.05) is 24.3 Å². The summed E-state index contributed by atoms with van der Waals surface area (Å²) in [5.41, 5.74) is 1.01. The van der Waals surface area contributed by atoms with E-state index in [-0.39, 0.29) is 6.10 Å². The first-order valence-corrected chi connectivity index (χ1v) is 7.06. The fraction of sp³-hybridized carbons (Fsp3) is 0.600. The molecule has 0 aliphatic rings. The monoisotopic (exact) mass is 285 g/mol. The number of rotatable bonds is 9. The van der Waals surface area contributed by atoms with Gasteiger partial charge in [-0.05, 0) is 24.1 Å². The molecule has 0 amide bonds. The van der Waals surface area contributed by atoms with Crippen molar-refractivity contribution in [3.05, 3.63) is 34.9 Å². The lowest BCUT2D eigenvalue weighted by Gasteiger charge is -2.19. The molecule has 19 heavy (non-hydrogen) atoms. The Balaban J connectivity index is 2.38. The van der Waals surface area contributed by atoms with Crippen LogP contribution in [-0.4, -0.2) is 32.9 Å². The molecule has 0 bridgehead atoms. The third kappa shape index (κ3) is 6.92. The molecule has 0 radical (unpaired) electrons. The number of benzene rings is 1. The summed E-state index contributed by atoms with van der Waals surface area (Å²) in [6.07, 6.45) is 0.0417. The van der Waals surface area contributed by atoms with E-state index in [0.29, 0.717) is 19.1 Å². The van der Waals surface area contributed by atoms with Gasteiger partial charge in [0.25, 0.3) is 0 Å². The molecular formula is C15H24ClNO2. The molecule has 1 rings (SSSR count). The van der Waals surface area contributed by atoms with Gasteiger partial charge in [0.05, 0.1) is 19.3 Å². The molecule has 0 spiro atoms. The molecule has 1 atom stereocenters. The van der Waals surface area contributed by atoms with Crippen LogP contribution in [0.15, 0.2) is 24.3 Å². The van der Waals surface area contributed by atoms with Gasteiger partial charge in [0.2, 0.25) is 0 Å². The lowest BCUT2D eigenvalue weighted by atomic mass is 10.2. The largest absolute Gasteiger partial charge is 0.382 e. The zero-order valence-corrected chi connectivity index (χ0v) is 12.7. The smallest absolute Gasteiger partial charge is 0.0936 e. The summed E-state index contributed by atoms with van der Waals surface area (Å²) in [7, 11) is 1.69. The molecule has 0 saturated heterocycles. The molecule has 0 saturated carbocycles. The lowest BCUT2D eigenvalue weighted by Crippen LogP contribution is -2.34. The molecular weight excluding hydrogens is 262 g/mol. The predicted octanol–water partition coefficient (Wildman–Crippen LogP) is 3.12. The van der Waals surface area contributed by atoms with Gasteiger partial charge in [-0.25, -0.2) is 0 Å². The van der Waals surface area contributed by atoms with Crippen LogP contribution >= 0.6 is 11.6 Å². The summed E-state index contributed by atoms with van der Waals surface area (Å²) in [5.74, 6) is 0.631. The van der Waals surface area contributed by atoms with Crippen molar-refractivity contribution in [3.63, 3.8) is 0 Å². The van der Waals surface area contributed by atoms with E-state index in [4.69, 9.17) is 21.1 Å². The van der Waals surface area contributed by atoms with E-state index in [1.54, 1.807) is 7.11 Å². The average Bonchev–Trinajstić information content (AvgIpc) is 2.37. The molecule has 4 heteroatoms. The van der Waals surface area contributed by atoms with Gasteiger partial charge < -0.3 is 14.8 Å². The fourth-order valence-corrected chi connectivity index (χ4v) is 1.90. The van der Waals surface area contributed by atoms with Crippen LogP contribution in [0.4, 0.5) is 0 Å². The molecule has 3 nitrogen and oxygen atoms in total. The zero-order valence-electron chi connectivity index (χ0n) is 12.0. The first kappa shape index (κ1) is 16.4. The molecule has 0 heterocycles. The van der Waals surface area contributed by atoms with Gasteiger partial charge in [0, 0.05) is 18.7 Å². The van der Waals surface area contributed by atoms with Crippen molar-refractivity contribution >= 4 is 11.6 Å². The van der Waals surface area contributed by atoms with Crippen molar-refractivity contribution in [2.45, 2.75) is 26.6 Å². The maximum absolute atomic E-state index is 6.10. The van der Waals surface area contributed by atoms with Gasteiger partial charge in [-0.3, -0.25) is 0 Å². The summed E-state index contributed by atoms with van der Waals surface area (Å²) >= 11 is 6.10. The molecule has 1 unspecified atom stereocenters. The van der Waals surface area contributed by atoms with Crippen molar-refractivity contribution in [2.24, 2.45) is 5.92 Å². The summed E-state index contributed by atoms with van der Waals surface area (Å²) in [4.78, 5) is 0. The van der Waals surface area contributed by atoms with Crippen molar-refractivity contribution in [2.75, 3.05) is 26.8 Å². The van der Waals surface area contributed by atoms with E-state index in [1.165, 1.54) is 0 Å². The van der Waals surface area contributed by atoms with Gasteiger partial charge >= 0.3 is 0 Å². The standard InChI is InChI=1S/C15H24ClNO2/c1-12(2)8-17-9-14(11-18-3)19-10-13-6-4-5-7-15(13)16/h4-7,12,14,17H,8-11H2,1-3H3. The van der Waals surface area contributed by atoms with Gasteiger partial charge in [0.1, 0.15) is 0 Å². The number of nitrogens with one attached hydrogen (secondary N) is 1. The fourth-order valence-electron chi connectivity index (χ4n) is 1.71. The number of halogens is 1. The highest BCUT2D eigenvalue weighted by molar-refractivity contribution is 6.31. The number of hydrogen-bond acceptors (Lipinski definition) is 3. The minimum absolute atomic E-state index is 0.0417. The molecule has 108 valence electrons. The minimum atomic E-state index is 0.0417. The highest BCUT2D eigenvalue weighted by atomic mass is 35.5. The topological polar surface area (TPSA) is 30.5 Å². The highest BCUT2D eigenvalue weighted by Gasteiger charge is 2.10. The van der Waals surface area contributed by atoms with Gasteiger partial charge in [-0.1, -0.05) is 43.6 Å². The second-order valence-electron chi connectivity index (χ2n) is 5.03. The normalized spacial score (nSPS) is 12.9. The second kappa shape index (κ2) is 9.32. The Labute approximate surface area is 121 Å². The quantitative estimate of drug-likeness (QED) is 0.756. The second-order valence-corrected chi connectivity index (χ2v) is 5.44. The van der Waals surface area contributed by atoms with Crippen LogP contribution < -0.4 is 5.32 Å². The first-order chi connectivity index (χ1) is 9.13. The summed E-state index contributed by atoms with van der Waals surface area (Å²) in [5, 5.41) is 4.13. The van der Waals surface area contributed by atoms with Crippen LogP contribution in [0.1, 0.15) is 19.4 Å². The predicted molar refractivity (Wildman–Crippen MR) is 79.6 cm³/mol. The Hall–Kier alpha value is -0.610. The zero-order chi connectivity index (χ0) is 14.1. The van der Waals surface area contributed by atoms with Crippen LogP contribution in [0.5, 0.6) is 0 Å². The Morgan fingerprint density at radius 1 is 1.21 bits per heavy atom. The summed E-state index contributed by atoms with van der Waals surface area (Å²) in [6, 6.07) is 7.74. The van der Waals surface area contributed by atoms with Crippen LogP contribution in [0.25, 0.3) is 0 Å². The molecule has 1 aromatic carbocycles.